The smallest absolute Gasteiger partial charge is 0.416 e. The Hall–Kier alpha value is -3.03. The van der Waals surface area contributed by atoms with Crippen LogP contribution in [0.25, 0.3) is 0 Å². The highest BCUT2D eigenvalue weighted by Crippen LogP contribution is 2.59. The van der Waals surface area contributed by atoms with Crippen LogP contribution < -0.4 is 9.46 Å². The lowest BCUT2D eigenvalue weighted by molar-refractivity contribution is -0.137. The van der Waals surface area contributed by atoms with Crippen molar-refractivity contribution in [3.8, 4) is 5.75 Å². The Kier molecular flexibility index (Phi) is 7.81. The number of benzene rings is 3. The molecule has 0 amide bonds. The molecule has 6 rings (SSSR count). The van der Waals surface area contributed by atoms with Gasteiger partial charge in [-0.05, 0) is 86.4 Å². The third-order valence-corrected chi connectivity index (χ3v) is 13.9. The van der Waals surface area contributed by atoms with Gasteiger partial charge in [-0.1, -0.05) is 30.3 Å². The van der Waals surface area contributed by atoms with Gasteiger partial charge >= 0.3 is 6.18 Å². The fourth-order valence-electron chi connectivity index (χ4n) is 7.37. The number of hydrogen-bond acceptors (Lipinski definition) is 5. The Balaban J connectivity index is 1.41. The Morgan fingerprint density at radius 3 is 2.32 bits per heavy atom. The molecule has 2 aliphatic heterocycles. The minimum Gasteiger partial charge on any atom is -0.490 e. The molecule has 1 N–H and O–H groups in total. The molecular weight excluding hydrogens is 625 g/mol. The molecule has 3 aromatic rings. The van der Waals surface area contributed by atoms with E-state index in [1.165, 1.54) is 0 Å². The Morgan fingerprint density at radius 1 is 0.955 bits per heavy atom. The molecule has 5 atom stereocenters. The zero-order valence-corrected chi connectivity index (χ0v) is 25.0. The first-order chi connectivity index (χ1) is 20.8. The first kappa shape index (κ1) is 31.0. The SMILES string of the molecule is O=S1(=O)N[C@H]2CC[C@@]3(S(=O)(=O)c4ccc(C(F)(F)F)cc4)c4c(F)ccc(F)c4OC[C@H]3[C@H]2C[C@H]1CCCc1ccccc1. The van der Waals surface area contributed by atoms with Gasteiger partial charge in [0.15, 0.2) is 21.4 Å². The summed E-state index contributed by atoms with van der Waals surface area (Å²) in [6.07, 6.45) is -3.47. The summed E-state index contributed by atoms with van der Waals surface area (Å²) < 4.78 is 133. The van der Waals surface area contributed by atoms with E-state index in [2.05, 4.69) is 4.72 Å². The summed E-state index contributed by atoms with van der Waals surface area (Å²) in [5.74, 6) is -4.18. The predicted octanol–water partition coefficient (Wildman–Crippen LogP) is 6.15. The van der Waals surface area contributed by atoms with Crippen molar-refractivity contribution in [3.63, 3.8) is 0 Å². The normalized spacial score (nSPS) is 27.8. The highest BCUT2D eigenvalue weighted by Gasteiger charge is 2.64. The molecule has 0 radical (unpaired) electrons. The molecule has 1 aliphatic carbocycles. The number of ether oxygens (including phenoxy) is 1. The first-order valence-electron chi connectivity index (χ1n) is 14.3. The molecule has 0 aromatic heterocycles. The van der Waals surface area contributed by atoms with Gasteiger partial charge in [0, 0.05) is 12.0 Å². The third kappa shape index (κ3) is 5.10. The van der Waals surface area contributed by atoms with Gasteiger partial charge in [-0.2, -0.15) is 13.2 Å². The van der Waals surface area contributed by atoms with Crippen LogP contribution in [0.1, 0.15) is 48.8 Å². The Bertz CT molecular complexity index is 1770. The topological polar surface area (TPSA) is 89.5 Å². The van der Waals surface area contributed by atoms with Crippen LogP contribution in [0.4, 0.5) is 22.0 Å². The fourth-order valence-corrected chi connectivity index (χ4v) is 11.6. The van der Waals surface area contributed by atoms with E-state index < -0.39 is 87.3 Å². The number of fused-ring (bicyclic) bond motifs is 5. The average molecular weight is 656 g/mol. The second-order valence-electron chi connectivity index (χ2n) is 11.8. The largest absolute Gasteiger partial charge is 0.490 e. The lowest BCUT2D eigenvalue weighted by Crippen LogP contribution is -2.63. The molecule has 2 fully saturated rings. The van der Waals surface area contributed by atoms with Crippen molar-refractivity contribution < 1.29 is 43.5 Å². The van der Waals surface area contributed by atoms with E-state index in [0.717, 1.165) is 29.8 Å². The maximum absolute atomic E-state index is 15.7. The van der Waals surface area contributed by atoms with Crippen LogP contribution >= 0.6 is 0 Å². The van der Waals surface area contributed by atoms with Crippen molar-refractivity contribution in [1.82, 2.24) is 4.72 Å². The van der Waals surface area contributed by atoms with Gasteiger partial charge in [0.2, 0.25) is 10.0 Å². The van der Waals surface area contributed by atoms with Gasteiger partial charge in [0.05, 0.1) is 27.9 Å². The lowest BCUT2D eigenvalue weighted by Gasteiger charge is -2.55. The lowest BCUT2D eigenvalue weighted by atomic mass is 9.64. The Morgan fingerprint density at radius 2 is 1.64 bits per heavy atom. The molecule has 3 aliphatic rings. The van der Waals surface area contributed by atoms with Crippen molar-refractivity contribution in [2.75, 3.05) is 6.61 Å². The zero-order chi connectivity index (χ0) is 31.5. The van der Waals surface area contributed by atoms with Gasteiger partial charge in [0.1, 0.15) is 10.6 Å². The molecule has 0 unspecified atom stereocenters. The van der Waals surface area contributed by atoms with Gasteiger partial charge in [-0.25, -0.2) is 30.3 Å². The van der Waals surface area contributed by atoms with E-state index in [-0.39, 0.29) is 25.9 Å². The Labute approximate surface area is 252 Å². The fraction of sp³-hybridized carbons (Fsp3) is 0.419. The van der Waals surface area contributed by atoms with E-state index >= 15 is 8.78 Å². The molecule has 1 saturated carbocycles. The molecule has 6 nitrogen and oxygen atoms in total. The number of aryl methyl sites for hydroxylation is 1. The zero-order valence-electron chi connectivity index (χ0n) is 23.4. The van der Waals surface area contributed by atoms with E-state index in [1.807, 2.05) is 30.3 Å². The first-order valence-corrected chi connectivity index (χ1v) is 17.4. The predicted molar refractivity (Wildman–Crippen MR) is 152 cm³/mol. The minimum absolute atomic E-state index is 0.00755. The highest BCUT2D eigenvalue weighted by molar-refractivity contribution is 7.92. The number of hydrogen-bond donors (Lipinski definition) is 1. The van der Waals surface area contributed by atoms with E-state index in [1.54, 1.807) is 0 Å². The van der Waals surface area contributed by atoms with E-state index in [0.29, 0.717) is 31.4 Å². The molecule has 3 aromatic carbocycles. The third-order valence-electron chi connectivity index (χ3n) is 9.44. The highest BCUT2D eigenvalue weighted by atomic mass is 32.2. The summed E-state index contributed by atoms with van der Waals surface area (Å²) in [7, 11) is -8.45. The maximum Gasteiger partial charge on any atom is 0.416 e. The van der Waals surface area contributed by atoms with Gasteiger partial charge in [-0.15, -0.1) is 0 Å². The summed E-state index contributed by atoms with van der Waals surface area (Å²) >= 11 is 0. The molecule has 236 valence electrons. The molecule has 2 heterocycles. The van der Waals surface area contributed by atoms with Crippen molar-refractivity contribution in [3.05, 3.63) is 95.1 Å². The number of sulfone groups is 1. The molecule has 1 saturated heterocycles. The van der Waals surface area contributed by atoms with Crippen molar-refractivity contribution in [2.45, 2.75) is 65.6 Å². The van der Waals surface area contributed by atoms with Crippen LogP contribution in [0.3, 0.4) is 0 Å². The van der Waals surface area contributed by atoms with Crippen LogP contribution in [-0.2, 0) is 37.2 Å². The molecular formula is C31H30F5NO5S2. The minimum atomic E-state index is -4.71. The average Bonchev–Trinajstić information content (AvgIpc) is 2.98. The van der Waals surface area contributed by atoms with Crippen LogP contribution in [0.5, 0.6) is 5.75 Å². The van der Waals surface area contributed by atoms with Gasteiger partial charge in [-0.3, -0.25) is 0 Å². The molecule has 13 heteroatoms. The second-order valence-corrected chi connectivity index (χ2v) is 16.0. The summed E-state index contributed by atoms with van der Waals surface area (Å²) in [4.78, 5) is -0.471. The number of alkyl halides is 3. The van der Waals surface area contributed by atoms with Crippen molar-refractivity contribution in [2.24, 2.45) is 11.8 Å². The number of sulfonamides is 1. The number of nitrogens with one attached hydrogen (secondary N) is 1. The van der Waals surface area contributed by atoms with Gasteiger partial charge < -0.3 is 4.74 Å². The number of halogens is 5. The number of rotatable bonds is 6. The van der Waals surface area contributed by atoms with Gasteiger partial charge in [0.25, 0.3) is 0 Å². The second kappa shape index (κ2) is 11.1. The summed E-state index contributed by atoms with van der Waals surface area (Å²) in [5, 5.41) is -0.865. The molecule has 0 bridgehead atoms. The van der Waals surface area contributed by atoms with E-state index in [9.17, 15) is 30.0 Å². The summed E-state index contributed by atoms with van der Waals surface area (Å²) in [5.41, 5.74) is -0.513. The van der Waals surface area contributed by atoms with Crippen molar-refractivity contribution >= 4 is 19.9 Å². The molecule has 0 spiro atoms. The van der Waals surface area contributed by atoms with Crippen LogP contribution in [0.15, 0.2) is 71.6 Å². The summed E-state index contributed by atoms with van der Waals surface area (Å²) in [6, 6.07) is 13.5. The monoisotopic (exact) mass is 655 g/mol. The van der Waals surface area contributed by atoms with E-state index in [4.69, 9.17) is 4.74 Å². The van der Waals surface area contributed by atoms with Crippen molar-refractivity contribution in [1.29, 1.82) is 0 Å². The van der Waals surface area contributed by atoms with Crippen LogP contribution in [-0.4, -0.2) is 34.7 Å². The van der Waals surface area contributed by atoms with Crippen LogP contribution in [0, 0.1) is 23.5 Å². The molecule has 44 heavy (non-hydrogen) atoms. The van der Waals surface area contributed by atoms with Crippen LogP contribution in [0.2, 0.25) is 0 Å². The quantitative estimate of drug-likeness (QED) is 0.322. The maximum atomic E-state index is 15.7. The standard InChI is InChI=1S/C31H30F5NO5S2/c32-25-13-14-26(33)29-28(25)30(43(38,39)21-11-9-20(10-12-21)31(34,35)36)16-15-27-23(24(30)18-42-29)17-22(44(40,41)37-27)8-4-7-19-5-2-1-3-6-19/h1-3,5-6,9-14,22-24,27,37H,4,7-8,15-18H2/t22-,23-,24+,27+,30+/m1/s1. The summed E-state index contributed by atoms with van der Waals surface area (Å²) in [6.45, 7) is -0.340.